The maximum absolute atomic E-state index is 5.77. The number of aryl methyl sites for hydroxylation is 1. The summed E-state index contributed by atoms with van der Waals surface area (Å²) in [4.78, 5) is 8.47. The number of nitrogens with one attached hydrogen (secondary N) is 1. The smallest absolute Gasteiger partial charge is 0.129 e. The Morgan fingerprint density at radius 3 is 2.53 bits per heavy atom. The maximum atomic E-state index is 5.77. The zero-order chi connectivity index (χ0) is 13.5. The molecule has 0 amide bonds. The summed E-state index contributed by atoms with van der Waals surface area (Å²) in [6.07, 6.45) is 3.70. The number of halogens is 1. The predicted octanol–water partition coefficient (Wildman–Crippen LogP) is 3.78. The highest BCUT2D eigenvalue weighted by molar-refractivity contribution is 6.17. The Bertz CT molecular complexity index is 511. The van der Waals surface area contributed by atoms with E-state index in [1.807, 2.05) is 18.2 Å². The van der Waals surface area contributed by atoms with Gasteiger partial charge >= 0.3 is 0 Å². The Balaban J connectivity index is 1.95. The second kappa shape index (κ2) is 7.10. The third-order valence-electron chi connectivity index (χ3n) is 2.88. The number of anilines is 1. The van der Waals surface area contributed by atoms with Crippen molar-refractivity contribution in [3.63, 3.8) is 0 Å². The van der Waals surface area contributed by atoms with E-state index in [1.54, 1.807) is 6.33 Å². The van der Waals surface area contributed by atoms with E-state index in [0.29, 0.717) is 5.88 Å². The fourth-order valence-electron chi connectivity index (χ4n) is 1.83. The van der Waals surface area contributed by atoms with E-state index < -0.39 is 0 Å². The number of aromatic nitrogens is 2. The van der Waals surface area contributed by atoms with Crippen LogP contribution in [0, 0.1) is 0 Å². The Morgan fingerprint density at radius 2 is 1.84 bits per heavy atom. The molecule has 100 valence electrons. The van der Waals surface area contributed by atoms with Crippen LogP contribution in [0.2, 0.25) is 0 Å². The molecule has 0 bridgehead atoms. The summed E-state index contributed by atoms with van der Waals surface area (Å²) in [7, 11) is 0. The van der Waals surface area contributed by atoms with Crippen molar-refractivity contribution in [3.05, 3.63) is 53.5 Å². The highest BCUT2D eigenvalue weighted by Gasteiger charge is 1.99. The van der Waals surface area contributed by atoms with E-state index in [4.69, 9.17) is 11.6 Å². The SMILES string of the molecule is CCCc1cc(NCc2ccc(CCl)cc2)ncn1. The summed E-state index contributed by atoms with van der Waals surface area (Å²) in [5.41, 5.74) is 3.43. The van der Waals surface area contributed by atoms with E-state index in [1.165, 1.54) is 5.56 Å². The number of hydrogen-bond acceptors (Lipinski definition) is 3. The first kappa shape index (κ1) is 13.8. The average molecular weight is 276 g/mol. The maximum Gasteiger partial charge on any atom is 0.129 e. The van der Waals surface area contributed by atoms with Crippen molar-refractivity contribution < 1.29 is 0 Å². The molecule has 2 rings (SSSR count). The molecule has 2 aromatic rings. The van der Waals surface area contributed by atoms with Gasteiger partial charge in [0.1, 0.15) is 12.1 Å². The lowest BCUT2D eigenvalue weighted by Gasteiger charge is -2.07. The molecule has 1 N–H and O–H groups in total. The van der Waals surface area contributed by atoms with Gasteiger partial charge in [0.25, 0.3) is 0 Å². The fourth-order valence-corrected chi connectivity index (χ4v) is 2.00. The lowest BCUT2D eigenvalue weighted by atomic mass is 10.1. The third kappa shape index (κ3) is 4.21. The zero-order valence-corrected chi connectivity index (χ0v) is 11.8. The van der Waals surface area contributed by atoms with E-state index in [2.05, 4.69) is 34.3 Å². The number of benzene rings is 1. The Hall–Kier alpha value is -1.61. The van der Waals surface area contributed by atoms with Gasteiger partial charge < -0.3 is 5.32 Å². The number of nitrogens with zero attached hydrogens (tertiary/aromatic N) is 2. The summed E-state index contributed by atoms with van der Waals surface area (Å²) in [5.74, 6) is 1.43. The van der Waals surface area contributed by atoms with Crippen LogP contribution in [-0.4, -0.2) is 9.97 Å². The molecule has 0 unspecified atom stereocenters. The first-order chi connectivity index (χ1) is 9.31. The molecule has 0 fully saturated rings. The van der Waals surface area contributed by atoms with E-state index in [9.17, 15) is 0 Å². The van der Waals surface area contributed by atoms with Crippen molar-refractivity contribution in [2.45, 2.75) is 32.2 Å². The van der Waals surface area contributed by atoms with Crippen LogP contribution in [-0.2, 0) is 18.8 Å². The molecule has 1 aromatic heterocycles. The highest BCUT2D eigenvalue weighted by Crippen LogP contribution is 2.10. The second-order valence-corrected chi connectivity index (χ2v) is 4.72. The van der Waals surface area contributed by atoms with Crippen LogP contribution < -0.4 is 5.32 Å². The molecular weight excluding hydrogens is 258 g/mol. The first-order valence-electron chi connectivity index (χ1n) is 6.50. The van der Waals surface area contributed by atoms with Crippen LogP contribution in [0.4, 0.5) is 5.82 Å². The molecule has 0 saturated heterocycles. The summed E-state index contributed by atoms with van der Waals surface area (Å²) >= 11 is 5.77. The van der Waals surface area contributed by atoms with Gasteiger partial charge in [0, 0.05) is 24.2 Å². The largest absolute Gasteiger partial charge is 0.366 e. The minimum Gasteiger partial charge on any atom is -0.366 e. The Labute approximate surface area is 119 Å². The molecule has 0 saturated carbocycles. The molecule has 0 atom stereocenters. The third-order valence-corrected chi connectivity index (χ3v) is 3.19. The van der Waals surface area contributed by atoms with Gasteiger partial charge in [-0.15, -0.1) is 11.6 Å². The molecule has 0 aliphatic rings. The highest BCUT2D eigenvalue weighted by atomic mass is 35.5. The Morgan fingerprint density at radius 1 is 1.11 bits per heavy atom. The average Bonchev–Trinajstić information content (AvgIpc) is 2.46. The number of alkyl halides is 1. The molecule has 3 nitrogen and oxygen atoms in total. The van der Waals surface area contributed by atoms with Gasteiger partial charge in [-0.05, 0) is 17.5 Å². The molecular formula is C15H18ClN3. The monoisotopic (exact) mass is 275 g/mol. The van der Waals surface area contributed by atoms with Crippen LogP contribution in [0.15, 0.2) is 36.7 Å². The van der Waals surface area contributed by atoms with Crippen molar-refractivity contribution in [3.8, 4) is 0 Å². The first-order valence-corrected chi connectivity index (χ1v) is 7.04. The number of rotatable bonds is 6. The number of hydrogen-bond donors (Lipinski definition) is 1. The van der Waals surface area contributed by atoms with Crippen LogP contribution in [0.3, 0.4) is 0 Å². The lowest BCUT2D eigenvalue weighted by Crippen LogP contribution is -2.03. The van der Waals surface area contributed by atoms with E-state index >= 15 is 0 Å². The predicted molar refractivity (Wildman–Crippen MR) is 79.4 cm³/mol. The van der Waals surface area contributed by atoms with Crippen LogP contribution in [0.5, 0.6) is 0 Å². The lowest BCUT2D eigenvalue weighted by molar-refractivity contribution is 0.871. The van der Waals surface area contributed by atoms with E-state index in [-0.39, 0.29) is 0 Å². The standard InChI is InChI=1S/C15H18ClN3/c1-2-3-14-8-15(19-11-18-14)17-10-13-6-4-12(9-16)5-7-13/h4-8,11H,2-3,9-10H2,1H3,(H,17,18,19). The molecule has 19 heavy (non-hydrogen) atoms. The molecule has 4 heteroatoms. The van der Waals surface area contributed by atoms with Gasteiger partial charge in [0.15, 0.2) is 0 Å². The quantitative estimate of drug-likeness (QED) is 0.816. The zero-order valence-electron chi connectivity index (χ0n) is 11.1. The van der Waals surface area contributed by atoms with Crippen molar-refractivity contribution in [1.29, 1.82) is 0 Å². The summed E-state index contributed by atoms with van der Waals surface area (Å²) in [5, 5.41) is 3.31. The van der Waals surface area contributed by atoms with Crippen molar-refractivity contribution in [2.24, 2.45) is 0 Å². The second-order valence-electron chi connectivity index (χ2n) is 4.45. The van der Waals surface area contributed by atoms with Gasteiger partial charge in [0.2, 0.25) is 0 Å². The van der Waals surface area contributed by atoms with Crippen molar-refractivity contribution >= 4 is 17.4 Å². The van der Waals surface area contributed by atoms with Gasteiger partial charge in [-0.1, -0.05) is 37.6 Å². The van der Waals surface area contributed by atoms with E-state index in [0.717, 1.165) is 36.5 Å². The van der Waals surface area contributed by atoms with Gasteiger partial charge in [-0.25, -0.2) is 9.97 Å². The minimum atomic E-state index is 0.556. The summed E-state index contributed by atoms with van der Waals surface area (Å²) in [6.45, 7) is 2.90. The molecule has 1 aromatic carbocycles. The summed E-state index contributed by atoms with van der Waals surface area (Å²) in [6, 6.07) is 10.3. The van der Waals surface area contributed by atoms with Gasteiger partial charge in [-0.3, -0.25) is 0 Å². The van der Waals surface area contributed by atoms with Crippen LogP contribution in [0.25, 0.3) is 0 Å². The molecule has 0 aliphatic heterocycles. The van der Waals surface area contributed by atoms with Crippen LogP contribution >= 0.6 is 11.6 Å². The molecule has 0 spiro atoms. The van der Waals surface area contributed by atoms with Crippen LogP contribution in [0.1, 0.15) is 30.2 Å². The topological polar surface area (TPSA) is 37.8 Å². The fraction of sp³-hybridized carbons (Fsp3) is 0.333. The van der Waals surface area contributed by atoms with Gasteiger partial charge in [0.05, 0.1) is 0 Å². The molecule has 1 heterocycles. The van der Waals surface area contributed by atoms with Crippen molar-refractivity contribution in [1.82, 2.24) is 9.97 Å². The van der Waals surface area contributed by atoms with Gasteiger partial charge in [-0.2, -0.15) is 0 Å². The summed E-state index contributed by atoms with van der Waals surface area (Å²) < 4.78 is 0. The normalized spacial score (nSPS) is 10.4. The van der Waals surface area contributed by atoms with Crippen molar-refractivity contribution in [2.75, 3.05) is 5.32 Å². The Kier molecular flexibility index (Phi) is 5.16. The minimum absolute atomic E-state index is 0.556. The molecule has 0 aliphatic carbocycles. The molecule has 0 radical (unpaired) electrons.